The molecular weight excluding hydrogens is 280 g/mol. The van der Waals surface area contributed by atoms with Gasteiger partial charge in [-0.3, -0.25) is 14.9 Å². The van der Waals surface area contributed by atoms with Gasteiger partial charge in [-0.1, -0.05) is 36.4 Å². The number of rotatable bonds is 4. The summed E-state index contributed by atoms with van der Waals surface area (Å²) in [5, 5.41) is 13.7. The van der Waals surface area contributed by atoms with E-state index >= 15 is 0 Å². The fourth-order valence-electron chi connectivity index (χ4n) is 2.67. The first kappa shape index (κ1) is 14.3. The van der Waals surface area contributed by atoms with Crippen LogP contribution in [0.3, 0.4) is 0 Å². The van der Waals surface area contributed by atoms with Gasteiger partial charge in [-0.25, -0.2) is 0 Å². The molecule has 0 aliphatic heterocycles. The Hall–Kier alpha value is -2.69. The summed E-state index contributed by atoms with van der Waals surface area (Å²) in [5.74, 6) is 0.122. The molecule has 2 atom stereocenters. The highest BCUT2D eigenvalue weighted by molar-refractivity contribution is 5.95. The zero-order valence-corrected chi connectivity index (χ0v) is 12.2. The summed E-state index contributed by atoms with van der Waals surface area (Å²) in [6.45, 7) is 1.68. The molecule has 2 aromatic carbocycles. The van der Waals surface area contributed by atoms with Gasteiger partial charge in [0, 0.05) is 23.2 Å². The Morgan fingerprint density at radius 1 is 1.23 bits per heavy atom. The van der Waals surface area contributed by atoms with Crippen LogP contribution in [0.15, 0.2) is 48.5 Å². The molecule has 22 heavy (non-hydrogen) atoms. The van der Waals surface area contributed by atoms with Crippen molar-refractivity contribution in [2.24, 2.45) is 5.92 Å². The van der Waals surface area contributed by atoms with Crippen molar-refractivity contribution in [3.8, 4) is 0 Å². The number of nitro benzene ring substituents is 1. The molecule has 0 radical (unpaired) electrons. The number of benzene rings is 2. The average molecular weight is 296 g/mol. The number of aryl methyl sites for hydroxylation is 1. The van der Waals surface area contributed by atoms with Crippen molar-refractivity contribution in [3.05, 3.63) is 69.8 Å². The maximum absolute atomic E-state index is 12.2. The van der Waals surface area contributed by atoms with Crippen molar-refractivity contribution >= 4 is 17.3 Å². The van der Waals surface area contributed by atoms with Gasteiger partial charge in [-0.15, -0.1) is 0 Å². The summed E-state index contributed by atoms with van der Waals surface area (Å²) in [7, 11) is 0. The summed E-state index contributed by atoms with van der Waals surface area (Å²) in [5.41, 5.74) is 2.24. The zero-order valence-electron chi connectivity index (χ0n) is 12.2. The van der Waals surface area contributed by atoms with Crippen LogP contribution in [0.5, 0.6) is 0 Å². The number of amides is 1. The van der Waals surface area contributed by atoms with Gasteiger partial charge >= 0.3 is 0 Å². The van der Waals surface area contributed by atoms with E-state index < -0.39 is 4.92 Å². The minimum atomic E-state index is -0.436. The van der Waals surface area contributed by atoms with Gasteiger partial charge in [0.25, 0.3) is 5.69 Å². The van der Waals surface area contributed by atoms with Crippen LogP contribution >= 0.6 is 0 Å². The molecule has 3 rings (SSSR count). The van der Waals surface area contributed by atoms with Gasteiger partial charge in [0.15, 0.2) is 0 Å². The van der Waals surface area contributed by atoms with Crippen LogP contribution in [0, 0.1) is 23.0 Å². The van der Waals surface area contributed by atoms with Crippen molar-refractivity contribution in [1.29, 1.82) is 0 Å². The van der Waals surface area contributed by atoms with Crippen LogP contribution < -0.4 is 5.32 Å². The second-order valence-corrected chi connectivity index (χ2v) is 5.61. The minimum absolute atomic E-state index is 0.0215. The van der Waals surface area contributed by atoms with E-state index in [1.165, 1.54) is 6.07 Å². The van der Waals surface area contributed by atoms with Gasteiger partial charge < -0.3 is 5.32 Å². The van der Waals surface area contributed by atoms with Crippen LogP contribution in [-0.2, 0) is 4.79 Å². The van der Waals surface area contributed by atoms with Crippen molar-refractivity contribution in [1.82, 2.24) is 0 Å². The third kappa shape index (κ3) is 2.83. The first-order chi connectivity index (χ1) is 10.6. The van der Waals surface area contributed by atoms with E-state index in [4.69, 9.17) is 0 Å². The maximum Gasteiger partial charge on any atom is 0.274 e. The lowest BCUT2D eigenvalue weighted by molar-refractivity contribution is -0.385. The van der Waals surface area contributed by atoms with E-state index in [1.54, 1.807) is 19.1 Å². The molecular formula is C17H16N2O3. The van der Waals surface area contributed by atoms with E-state index in [9.17, 15) is 14.9 Å². The lowest BCUT2D eigenvalue weighted by atomic mass is 10.1. The SMILES string of the molecule is Cc1ccc(NC(=O)[C@H]2C[C@H]2c2ccccc2)cc1[N+](=O)[O-]. The standard InChI is InChI=1S/C17H16N2O3/c1-11-7-8-13(9-16(11)19(21)22)18-17(20)15-10-14(15)12-5-3-2-4-6-12/h2-9,14-15H,10H2,1H3,(H,18,20)/t14-,15-/m0/s1. The Labute approximate surface area is 128 Å². The Kier molecular flexibility index (Phi) is 3.63. The highest BCUT2D eigenvalue weighted by atomic mass is 16.6. The fourth-order valence-corrected chi connectivity index (χ4v) is 2.67. The smallest absolute Gasteiger partial charge is 0.274 e. The number of nitrogens with one attached hydrogen (secondary N) is 1. The van der Waals surface area contributed by atoms with Crippen LogP contribution in [0.1, 0.15) is 23.5 Å². The highest BCUT2D eigenvalue weighted by Gasteiger charge is 2.43. The molecule has 0 aromatic heterocycles. The molecule has 5 heteroatoms. The van der Waals surface area contributed by atoms with Crippen LogP contribution in [-0.4, -0.2) is 10.8 Å². The number of hydrogen-bond donors (Lipinski definition) is 1. The third-order valence-electron chi connectivity index (χ3n) is 4.03. The van der Waals surface area contributed by atoms with Crippen molar-refractivity contribution in [3.63, 3.8) is 0 Å². The molecule has 1 aliphatic rings. The fraction of sp³-hybridized carbons (Fsp3) is 0.235. The normalized spacial score (nSPS) is 19.5. The zero-order chi connectivity index (χ0) is 15.7. The molecule has 1 amide bonds. The number of anilines is 1. The van der Waals surface area contributed by atoms with Crippen molar-refractivity contribution in [2.75, 3.05) is 5.32 Å². The molecule has 1 fully saturated rings. The number of nitrogens with zero attached hydrogens (tertiary/aromatic N) is 1. The Bertz CT molecular complexity index is 728. The Morgan fingerprint density at radius 2 is 1.95 bits per heavy atom. The third-order valence-corrected chi connectivity index (χ3v) is 4.03. The molecule has 1 saturated carbocycles. The van der Waals surface area contributed by atoms with Crippen LogP contribution in [0.2, 0.25) is 0 Å². The van der Waals surface area contributed by atoms with Gasteiger partial charge in [0.1, 0.15) is 0 Å². The molecule has 0 saturated heterocycles. The molecule has 1 aliphatic carbocycles. The highest BCUT2D eigenvalue weighted by Crippen LogP contribution is 2.47. The van der Waals surface area contributed by atoms with E-state index in [2.05, 4.69) is 5.32 Å². The summed E-state index contributed by atoms with van der Waals surface area (Å²) in [4.78, 5) is 22.7. The minimum Gasteiger partial charge on any atom is -0.326 e. The van der Waals surface area contributed by atoms with Gasteiger partial charge in [0.05, 0.1) is 4.92 Å². The average Bonchev–Trinajstić information content (AvgIpc) is 3.30. The first-order valence-corrected chi connectivity index (χ1v) is 7.17. The maximum atomic E-state index is 12.2. The van der Waals surface area contributed by atoms with Crippen LogP contribution in [0.25, 0.3) is 0 Å². The number of hydrogen-bond acceptors (Lipinski definition) is 3. The van der Waals surface area contributed by atoms with Gasteiger partial charge in [-0.2, -0.15) is 0 Å². The second-order valence-electron chi connectivity index (χ2n) is 5.61. The predicted octanol–water partition coefficient (Wildman–Crippen LogP) is 3.65. The molecule has 112 valence electrons. The van der Waals surface area contributed by atoms with E-state index in [0.717, 1.165) is 12.0 Å². The van der Waals surface area contributed by atoms with Crippen LogP contribution in [0.4, 0.5) is 11.4 Å². The molecule has 0 heterocycles. The first-order valence-electron chi connectivity index (χ1n) is 7.17. The molecule has 5 nitrogen and oxygen atoms in total. The number of carbonyl (C=O) groups excluding carboxylic acids is 1. The molecule has 1 N–H and O–H groups in total. The number of nitro groups is 1. The summed E-state index contributed by atoms with van der Waals surface area (Å²) in [6.07, 6.45) is 0.823. The van der Waals surface area contributed by atoms with E-state index in [1.807, 2.05) is 30.3 Å². The summed E-state index contributed by atoms with van der Waals surface area (Å²) in [6, 6.07) is 14.7. The Balaban J connectivity index is 1.69. The number of carbonyl (C=O) groups is 1. The second kappa shape index (κ2) is 5.60. The van der Waals surface area contributed by atoms with Gasteiger partial charge in [-0.05, 0) is 30.9 Å². The van der Waals surface area contributed by atoms with Crippen molar-refractivity contribution < 1.29 is 9.72 Å². The quantitative estimate of drug-likeness (QED) is 0.691. The van der Waals surface area contributed by atoms with E-state index in [-0.39, 0.29) is 23.4 Å². The monoisotopic (exact) mass is 296 g/mol. The summed E-state index contributed by atoms with van der Waals surface area (Å²) >= 11 is 0. The van der Waals surface area contributed by atoms with Gasteiger partial charge in [0.2, 0.25) is 5.91 Å². The largest absolute Gasteiger partial charge is 0.326 e. The lowest BCUT2D eigenvalue weighted by Gasteiger charge is -2.06. The molecule has 2 aromatic rings. The lowest BCUT2D eigenvalue weighted by Crippen LogP contribution is -2.14. The van der Waals surface area contributed by atoms with E-state index in [0.29, 0.717) is 11.3 Å². The molecule has 0 unspecified atom stereocenters. The molecule has 0 spiro atoms. The Morgan fingerprint density at radius 3 is 2.64 bits per heavy atom. The predicted molar refractivity (Wildman–Crippen MR) is 83.8 cm³/mol. The summed E-state index contributed by atoms with van der Waals surface area (Å²) < 4.78 is 0. The molecule has 0 bridgehead atoms. The topological polar surface area (TPSA) is 72.2 Å². The van der Waals surface area contributed by atoms with Crippen molar-refractivity contribution in [2.45, 2.75) is 19.3 Å².